The number of hydrogen-bond acceptors (Lipinski definition) is 5. The Kier molecular flexibility index (Phi) is 6.08. The largest absolute Gasteiger partial charge is 0.460 e. The van der Waals surface area contributed by atoms with Gasteiger partial charge in [-0.1, -0.05) is 47.1 Å². The van der Waals surface area contributed by atoms with Crippen LogP contribution in [0.5, 0.6) is 0 Å². The molecule has 0 heterocycles. The Morgan fingerprint density at radius 1 is 1.00 bits per heavy atom. The maximum atomic E-state index is 14.4. The molecule has 5 rings (SSSR count). The van der Waals surface area contributed by atoms with Gasteiger partial charge in [0.15, 0.2) is 5.78 Å². The van der Waals surface area contributed by atoms with Crippen molar-refractivity contribution in [2.24, 2.45) is 56.2 Å². The molecule has 5 heteroatoms. The van der Waals surface area contributed by atoms with Crippen LogP contribution in [0.3, 0.4) is 0 Å². The quantitative estimate of drug-likeness (QED) is 0.232. The molecule has 37 heavy (non-hydrogen) atoms. The number of rotatable bonds is 2. The van der Waals surface area contributed by atoms with E-state index < -0.39 is 11.6 Å². The molecular weight excluding hydrogens is 462 g/mol. The van der Waals surface area contributed by atoms with E-state index in [1.165, 1.54) is 31.8 Å². The minimum atomic E-state index is -0.870. The van der Waals surface area contributed by atoms with Gasteiger partial charge < -0.3 is 4.74 Å². The van der Waals surface area contributed by atoms with E-state index in [0.717, 1.165) is 25.7 Å². The van der Waals surface area contributed by atoms with E-state index in [1.54, 1.807) is 0 Å². The summed E-state index contributed by atoms with van der Waals surface area (Å²) in [7, 11) is 0. The number of esters is 1. The van der Waals surface area contributed by atoms with Gasteiger partial charge in [-0.25, -0.2) is 4.79 Å². The Bertz CT molecular complexity index is 1090. The SMILES string of the molecule is CC(=O)O[C@@H]1CC[C@@]2(C)[C@@H](CC[C@]3(C)[C@@H]2C(=O)C=C2[C@@H]4[C@@H](C)[C@H](C)CC[C@]4(C)CC[C@]23C)[C@@]1(C)N=C=O. The zero-order valence-corrected chi connectivity index (χ0v) is 24.3. The minimum absolute atomic E-state index is 0.0217. The second-order valence-corrected chi connectivity index (χ2v) is 14.9. The average molecular weight is 510 g/mol. The highest BCUT2D eigenvalue weighted by Gasteiger charge is 2.71. The normalized spacial score (nSPS) is 52.9. The van der Waals surface area contributed by atoms with Crippen LogP contribution in [-0.4, -0.2) is 29.5 Å². The van der Waals surface area contributed by atoms with E-state index in [0.29, 0.717) is 24.2 Å². The summed E-state index contributed by atoms with van der Waals surface area (Å²) in [6.45, 7) is 17.8. The van der Waals surface area contributed by atoms with Gasteiger partial charge >= 0.3 is 5.97 Å². The molecule has 4 fully saturated rings. The zero-order chi connectivity index (χ0) is 27.2. The van der Waals surface area contributed by atoms with Gasteiger partial charge in [0.25, 0.3) is 0 Å². The lowest BCUT2D eigenvalue weighted by Crippen LogP contribution is -2.68. The predicted octanol–water partition coefficient (Wildman–Crippen LogP) is 6.84. The summed E-state index contributed by atoms with van der Waals surface area (Å²) >= 11 is 0. The Balaban J connectivity index is 1.62. The minimum Gasteiger partial charge on any atom is -0.460 e. The lowest BCUT2D eigenvalue weighted by atomic mass is 9.33. The van der Waals surface area contributed by atoms with Crippen LogP contribution in [0.1, 0.15) is 107 Å². The van der Waals surface area contributed by atoms with E-state index >= 15 is 0 Å². The molecule has 0 unspecified atom stereocenters. The summed E-state index contributed by atoms with van der Waals surface area (Å²) in [6, 6.07) is 0. The van der Waals surface area contributed by atoms with Crippen LogP contribution in [0, 0.1) is 51.2 Å². The summed E-state index contributed by atoms with van der Waals surface area (Å²) in [5.74, 6) is 1.49. The first-order chi connectivity index (χ1) is 17.2. The molecule has 0 amide bonds. The van der Waals surface area contributed by atoms with Crippen LogP contribution in [0.4, 0.5) is 0 Å². The molecule has 0 aromatic carbocycles. The maximum absolute atomic E-state index is 14.4. The fraction of sp³-hybridized carbons (Fsp3) is 0.844. The Morgan fingerprint density at radius 2 is 1.70 bits per heavy atom. The molecule has 5 aliphatic rings. The summed E-state index contributed by atoms with van der Waals surface area (Å²) in [5, 5.41) is 0. The van der Waals surface area contributed by atoms with Crippen LogP contribution in [-0.2, 0) is 19.1 Å². The molecule has 0 bridgehead atoms. The molecular formula is C32H47NO4. The monoisotopic (exact) mass is 509 g/mol. The third-order valence-electron chi connectivity index (χ3n) is 13.3. The average Bonchev–Trinajstić information content (AvgIpc) is 2.80. The summed E-state index contributed by atoms with van der Waals surface area (Å²) in [6.07, 6.45) is 11.5. The van der Waals surface area contributed by atoms with E-state index in [1.807, 2.05) is 13.0 Å². The van der Waals surface area contributed by atoms with Gasteiger partial charge in [0.2, 0.25) is 6.08 Å². The molecule has 0 radical (unpaired) electrons. The lowest BCUT2D eigenvalue weighted by Gasteiger charge is -2.70. The molecule has 0 N–H and O–H groups in total. The molecule has 5 aliphatic carbocycles. The standard InChI is InChI=1S/C32H47NO4/c1-19-9-12-28(4)15-16-30(6)22(26(28)20(19)2)17-23(36)27-29(5)13-11-25(37-21(3)35)32(8,33-18-34)24(29)10-14-31(27,30)7/h17,19-20,24-27H,9-16H2,1-8H3/t19-,20+,24-,25-,26+,27-,28-,29+,30-,31-,32-/m1/s1. The third kappa shape index (κ3) is 3.41. The third-order valence-corrected chi connectivity index (χ3v) is 13.3. The van der Waals surface area contributed by atoms with Gasteiger partial charge in [-0.15, -0.1) is 0 Å². The summed E-state index contributed by atoms with van der Waals surface area (Å²) in [5.41, 5.74) is 0.348. The molecule has 0 aliphatic heterocycles. The first-order valence-electron chi connectivity index (χ1n) is 14.7. The van der Waals surface area contributed by atoms with Crippen molar-refractivity contribution in [3.8, 4) is 0 Å². The number of carbonyl (C=O) groups excluding carboxylic acids is 3. The molecule has 5 nitrogen and oxygen atoms in total. The highest BCUT2D eigenvalue weighted by molar-refractivity contribution is 5.95. The molecule has 0 aromatic heterocycles. The Morgan fingerprint density at radius 3 is 2.35 bits per heavy atom. The van der Waals surface area contributed by atoms with Crippen molar-refractivity contribution in [1.29, 1.82) is 0 Å². The topological polar surface area (TPSA) is 72.8 Å². The zero-order valence-electron chi connectivity index (χ0n) is 24.3. The number of ether oxygens (including phenoxy) is 1. The van der Waals surface area contributed by atoms with Gasteiger partial charge in [0.05, 0.1) is 0 Å². The van der Waals surface area contributed by atoms with Gasteiger partial charge in [-0.2, -0.15) is 4.99 Å². The van der Waals surface area contributed by atoms with E-state index in [-0.39, 0.29) is 45.2 Å². The molecule has 11 atom stereocenters. The van der Waals surface area contributed by atoms with E-state index in [4.69, 9.17) is 4.74 Å². The number of ketones is 1. The highest BCUT2D eigenvalue weighted by atomic mass is 16.5. The van der Waals surface area contributed by atoms with E-state index in [9.17, 15) is 14.4 Å². The fourth-order valence-electron chi connectivity index (χ4n) is 10.9. The van der Waals surface area contributed by atoms with Crippen molar-refractivity contribution < 1.29 is 19.1 Å². The van der Waals surface area contributed by atoms with Gasteiger partial charge in [0, 0.05) is 12.8 Å². The van der Waals surface area contributed by atoms with Crippen LogP contribution in [0.15, 0.2) is 16.6 Å². The number of hydrogen-bond donors (Lipinski definition) is 0. The van der Waals surface area contributed by atoms with Crippen molar-refractivity contribution in [3.05, 3.63) is 11.6 Å². The summed E-state index contributed by atoms with van der Waals surface area (Å²) in [4.78, 5) is 42.3. The first kappa shape index (κ1) is 26.9. The number of carbonyl (C=O) groups is 2. The molecule has 0 aromatic rings. The molecule has 0 saturated heterocycles. The van der Waals surface area contributed by atoms with Crippen LogP contribution in [0.2, 0.25) is 0 Å². The number of fused-ring (bicyclic) bond motifs is 7. The van der Waals surface area contributed by atoms with Crippen molar-refractivity contribution in [3.63, 3.8) is 0 Å². The van der Waals surface area contributed by atoms with E-state index in [2.05, 4.69) is 52.6 Å². The smallest absolute Gasteiger partial charge is 0.302 e. The van der Waals surface area contributed by atoms with Crippen LogP contribution >= 0.6 is 0 Å². The van der Waals surface area contributed by atoms with Gasteiger partial charge in [0.1, 0.15) is 11.6 Å². The number of nitrogens with zero attached hydrogens (tertiary/aromatic N) is 1. The highest BCUT2D eigenvalue weighted by Crippen LogP contribution is 2.74. The van der Waals surface area contributed by atoms with Crippen LogP contribution < -0.4 is 0 Å². The number of isocyanates is 1. The van der Waals surface area contributed by atoms with Crippen molar-refractivity contribution in [1.82, 2.24) is 0 Å². The Labute approximate surface area is 223 Å². The first-order valence-corrected chi connectivity index (χ1v) is 14.7. The predicted molar refractivity (Wildman–Crippen MR) is 143 cm³/mol. The lowest BCUT2D eigenvalue weighted by molar-refractivity contribution is -0.196. The Hall–Kier alpha value is -1.74. The molecule has 4 saturated carbocycles. The van der Waals surface area contributed by atoms with Crippen LogP contribution in [0.25, 0.3) is 0 Å². The molecule has 0 spiro atoms. The summed E-state index contributed by atoms with van der Waals surface area (Å²) < 4.78 is 5.73. The second kappa shape index (κ2) is 8.38. The van der Waals surface area contributed by atoms with Crippen molar-refractivity contribution >= 4 is 17.8 Å². The molecule has 204 valence electrons. The van der Waals surface area contributed by atoms with Gasteiger partial charge in [-0.3, -0.25) is 9.59 Å². The number of allylic oxidation sites excluding steroid dienone is 2. The van der Waals surface area contributed by atoms with Crippen molar-refractivity contribution in [2.75, 3.05) is 0 Å². The second-order valence-electron chi connectivity index (χ2n) is 14.9. The van der Waals surface area contributed by atoms with Gasteiger partial charge in [-0.05, 0) is 110 Å². The number of aliphatic imine (C=N–C) groups is 1. The maximum Gasteiger partial charge on any atom is 0.302 e. The fourth-order valence-corrected chi connectivity index (χ4v) is 10.9. The van der Waals surface area contributed by atoms with Crippen molar-refractivity contribution in [2.45, 2.75) is 118 Å².